The molecule has 1 saturated carbocycles. The quantitative estimate of drug-likeness (QED) is 0.811. The van der Waals surface area contributed by atoms with Crippen molar-refractivity contribution in [1.82, 2.24) is 10.2 Å². The smallest absolute Gasteiger partial charge is 0.226 e. The van der Waals surface area contributed by atoms with Crippen molar-refractivity contribution < 1.29 is 4.79 Å². The Morgan fingerprint density at radius 2 is 2.18 bits per heavy atom. The first-order chi connectivity index (χ1) is 8.09. The van der Waals surface area contributed by atoms with Crippen LogP contribution >= 0.6 is 0 Å². The van der Waals surface area contributed by atoms with E-state index < -0.39 is 0 Å². The van der Waals surface area contributed by atoms with Crippen LogP contribution in [0.5, 0.6) is 0 Å². The van der Waals surface area contributed by atoms with E-state index in [0.717, 1.165) is 26.1 Å². The van der Waals surface area contributed by atoms with Gasteiger partial charge in [0, 0.05) is 18.5 Å². The molecule has 2 rings (SSSR count). The monoisotopic (exact) mass is 238 g/mol. The second-order valence-electron chi connectivity index (χ2n) is 6.12. The zero-order valence-corrected chi connectivity index (χ0v) is 11.4. The van der Waals surface area contributed by atoms with Gasteiger partial charge in [-0.25, -0.2) is 0 Å². The van der Waals surface area contributed by atoms with Crippen LogP contribution in [0.4, 0.5) is 0 Å². The highest BCUT2D eigenvalue weighted by atomic mass is 16.2. The Bertz CT molecular complexity index is 271. The highest BCUT2D eigenvalue weighted by molar-refractivity contribution is 5.81. The van der Waals surface area contributed by atoms with Crippen molar-refractivity contribution in [2.24, 2.45) is 17.8 Å². The summed E-state index contributed by atoms with van der Waals surface area (Å²) >= 11 is 0. The van der Waals surface area contributed by atoms with Gasteiger partial charge >= 0.3 is 0 Å². The van der Waals surface area contributed by atoms with E-state index in [1.807, 2.05) is 0 Å². The first kappa shape index (κ1) is 12.9. The van der Waals surface area contributed by atoms with Crippen molar-refractivity contribution in [3.63, 3.8) is 0 Å². The molecular weight excluding hydrogens is 212 g/mol. The molecule has 0 aromatic rings. The number of hydrogen-bond acceptors (Lipinski definition) is 2. The van der Waals surface area contributed by atoms with Crippen LogP contribution in [-0.4, -0.2) is 36.5 Å². The van der Waals surface area contributed by atoms with Crippen molar-refractivity contribution in [1.29, 1.82) is 0 Å². The summed E-state index contributed by atoms with van der Waals surface area (Å²) in [6.45, 7) is 9.64. The molecule has 3 atom stereocenters. The highest BCUT2D eigenvalue weighted by Gasteiger charge is 2.42. The van der Waals surface area contributed by atoms with Crippen molar-refractivity contribution in [3.05, 3.63) is 0 Å². The van der Waals surface area contributed by atoms with Crippen molar-refractivity contribution in [2.75, 3.05) is 19.6 Å². The molecule has 98 valence electrons. The van der Waals surface area contributed by atoms with Crippen LogP contribution in [0.2, 0.25) is 0 Å². The summed E-state index contributed by atoms with van der Waals surface area (Å²) in [5.41, 5.74) is 0. The van der Waals surface area contributed by atoms with Gasteiger partial charge in [-0.2, -0.15) is 0 Å². The Morgan fingerprint density at radius 1 is 1.47 bits per heavy atom. The number of carbonyl (C=O) groups excluding carboxylic acids is 1. The van der Waals surface area contributed by atoms with Gasteiger partial charge in [-0.3, -0.25) is 4.79 Å². The van der Waals surface area contributed by atoms with Crippen LogP contribution in [0.3, 0.4) is 0 Å². The molecule has 0 aromatic heterocycles. The van der Waals surface area contributed by atoms with Crippen LogP contribution in [0.1, 0.15) is 40.0 Å². The molecule has 2 fully saturated rings. The fourth-order valence-electron chi connectivity index (χ4n) is 2.79. The molecule has 0 radical (unpaired) electrons. The van der Waals surface area contributed by atoms with E-state index in [9.17, 15) is 4.79 Å². The minimum Gasteiger partial charge on any atom is -0.340 e. The Hall–Kier alpha value is -0.570. The van der Waals surface area contributed by atoms with E-state index in [1.54, 1.807) is 0 Å². The maximum atomic E-state index is 12.3. The largest absolute Gasteiger partial charge is 0.340 e. The van der Waals surface area contributed by atoms with Gasteiger partial charge in [0.25, 0.3) is 0 Å². The van der Waals surface area contributed by atoms with Crippen molar-refractivity contribution >= 4 is 5.91 Å². The Morgan fingerprint density at radius 3 is 2.65 bits per heavy atom. The number of rotatable bonds is 4. The lowest BCUT2D eigenvalue weighted by atomic mass is 9.98. The van der Waals surface area contributed by atoms with E-state index in [1.165, 1.54) is 12.8 Å². The summed E-state index contributed by atoms with van der Waals surface area (Å²) in [7, 11) is 0. The van der Waals surface area contributed by atoms with Gasteiger partial charge in [0.05, 0.1) is 0 Å². The van der Waals surface area contributed by atoms with Crippen LogP contribution in [0, 0.1) is 17.8 Å². The summed E-state index contributed by atoms with van der Waals surface area (Å²) in [5, 5.41) is 3.43. The molecular formula is C14H26N2O. The summed E-state index contributed by atoms with van der Waals surface area (Å²) < 4.78 is 0. The molecule has 1 amide bonds. The number of nitrogens with zero attached hydrogens (tertiary/aromatic N) is 1. The average molecular weight is 238 g/mol. The molecule has 3 unspecified atom stereocenters. The van der Waals surface area contributed by atoms with Gasteiger partial charge in [0.15, 0.2) is 0 Å². The maximum absolute atomic E-state index is 12.3. The fourth-order valence-corrected chi connectivity index (χ4v) is 2.79. The van der Waals surface area contributed by atoms with Crippen molar-refractivity contribution in [2.45, 2.75) is 46.1 Å². The highest BCUT2D eigenvalue weighted by Crippen LogP contribution is 2.39. The van der Waals surface area contributed by atoms with E-state index in [0.29, 0.717) is 29.7 Å². The van der Waals surface area contributed by atoms with Crippen LogP contribution in [-0.2, 0) is 4.79 Å². The number of carbonyl (C=O) groups is 1. The lowest BCUT2D eigenvalue weighted by molar-refractivity contribution is -0.135. The standard InChI is InChI=1S/C14H26N2O/c1-10(2)16(14(17)13-7-11(13)3)9-12-5-4-6-15-8-12/h10-13,15H,4-9H2,1-3H3. The average Bonchev–Trinajstić information content (AvgIpc) is 3.03. The molecule has 1 aliphatic heterocycles. The van der Waals surface area contributed by atoms with E-state index >= 15 is 0 Å². The van der Waals surface area contributed by atoms with Crippen LogP contribution in [0.15, 0.2) is 0 Å². The zero-order valence-electron chi connectivity index (χ0n) is 11.4. The van der Waals surface area contributed by atoms with Gasteiger partial charge in [-0.15, -0.1) is 0 Å². The Labute approximate surface area is 105 Å². The van der Waals surface area contributed by atoms with Gasteiger partial charge < -0.3 is 10.2 Å². The van der Waals surface area contributed by atoms with Crippen molar-refractivity contribution in [3.8, 4) is 0 Å². The summed E-state index contributed by atoms with van der Waals surface area (Å²) in [6.07, 6.45) is 3.62. The lowest BCUT2D eigenvalue weighted by Gasteiger charge is -2.33. The van der Waals surface area contributed by atoms with Crippen LogP contribution < -0.4 is 5.32 Å². The third kappa shape index (κ3) is 3.21. The molecule has 0 bridgehead atoms. The molecule has 17 heavy (non-hydrogen) atoms. The minimum atomic E-state index is 0.328. The molecule has 1 N–H and O–H groups in total. The fraction of sp³-hybridized carbons (Fsp3) is 0.929. The third-order valence-electron chi connectivity index (χ3n) is 4.19. The van der Waals surface area contributed by atoms with E-state index in [4.69, 9.17) is 0 Å². The normalized spacial score (nSPS) is 32.6. The molecule has 0 spiro atoms. The molecule has 3 nitrogen and oxygen atoms in total. The number of piperidine rings is 1. The maximum Gasteiger partial charge on any atom is 0.226 e. The number of nitrogens with one attached hydrogen (secondary N) is 1. The predicted octanol–water partition coefficient (Wildman–Crippen LogP) is 1.88. The van der Waals surface area contributed by atoms with Gasteiger partial charge in [0.1, 0.15) is 0 Å². The summed E-state index contributed by atoms with van der Waals surface area (Å²) in [6, 6.07) is 0.345. The first-order valence-electron chi connectivity index (χ1n) is 7.10. The topological polar surface area (TPSA) is 32.3 Å². The Balaban J connectivity index is 1.89. The zero-order chi connectivity index (χ0) is 12.4. The lowest BCUT2D eigenvalue weighted by Crippen LogP contribution is -2.45. The van der Waals surface area contributed by atoms with Gasteiger partial charge in [-0.05, 0) is 58.0 Å². The summed E-state index contributed by atoms with van der Waals surface area (Å²) in [5.74, 6) is 2.00. The summed E-state index contributed by atoms with van der Waals surface area (Å²) in [4.78, 5) is 14.5. The second kappa shape index (κ2) is 5.38. The van der Waals surface area contributed by atoms with Gasteiger partial charge in [-0.1, -0.05) is 6.92 Å². The minimum absolute atomic E-state index is 0.328. The molecule has 1 aliphatic carbocycles. The molecule has 1 saturated heterocycles. The second-order valence-corrected chi connectivity index (χ2v) is 6.12. The third-order valence-corrected chi connectivity index (χ3v) is 4.19. The van der Waals surface area contributed by atoms with E-state index in [2.05, 4.69) is 31.0 Å². The molecule has 3 heteroatoms. The van der Waals surface area contributed by atoms with Gasteiger partial charge in [0.2, 0.25) is 5.91 Å². The molecule has 2 aliphatic rings. The predicted molar refractivity (Wildman–Crippen MR) is 69.7 cm³/mol. The Kier molecular flexibility index (Phi) is 4.08. The SMILES string of the molecule is CC1CC1C(=O)N(CC1CCCNC1)C(C)C. The molecule has 0 aromatic carbocycles. The molecule has 1 heterocycles. The number of amides is 1. The number of hydrogen-bond donors (Lipinski definition) is 1. The first-order valence-corrected chi connectivity index (χ1v) is 7.10. The van der Waals surface area contributed by atoms with E-state index in [-0.39, 0.29) is 0 Å². The van der Waals surface area contributed by atoms with Crippen LogP contribution in [0.25, 0.3) is 0 Å².